The van der Waals surface area contributed by atoms with Gasteiger partial charge in [0.2, 0.25) is 0 Å². The molecule has 0 radical (unpaired) electrons. The van der Waals surface area contributed by atoms with Gasteiger partial charge < -0.3 is 5.43 Å². The molecule has 0 saturated heterocycles. The Kier molecular flexibility index (Phi) is 4.97. The van der Waals surface area contributed by atoms with Gasteiger partial charge in [-0.05, 0) is 42.0 Å². The van der Waals surface area contributed by atoms with Crippen molar-refractivity contribution in [2.75, 3.05) is 5.43 Å². The van der Waals surface area contributed by atoms with Crippen LogP contribution in [0.25, 0.3) is 22.3 Å². The van der Waals surface area contributed by atoms with Crippen molar-refractivity contribution in [2.45, 2.75) is 6.54 Å². The van der Waals surface area contributed by atoms with Crippen molar-refractivity contribution in [2.24, 2.45) is 0 Å². The summed E-state index contributed by atoms with van der Waals surface area (Å²) in [6, 6.07) is 22.6. The van der Waals surface area contributed by atoms with E-state index in [0.717, 1.165) is 10.0 Å². The van der Waals surface area contributed by atoms with Gasteiger partial charge in [0.1, 0.15) is 0 Å². The van der Waals surface area contributed by atoms with E-state index in [2.05, 4.69) is 21.4 Å². The van der Waals surface area contributed by atoms with E-state index in [-0.39, 0.29) is 5.56 Å². The van der Waals surface area contributed by atoms with E-state index < -0.39 is 0 Å². The van der Waals surface area contributed by atoms with E-state index in [9.17, 15) is 4.79 Å². The summed E-state index contributed by atoms with van der Waals surface area (Å²) in [4.78, 5) is 17.8. The summed E-state index contributed by atoms with van der Waals surface area (Å²) < 4.78 is 2.48. The number of fused-ring (bicyclic) bond motifs is 1. The monoisotopic (exact) mass is 439 g/mol. The maximum atomic E-state index is 13.1. The van der Waals surface area contributed by atoms with Crippen molar-refractivity contribution >= 4 is 38.4 Å². The fraction of sp³-hybridized carbons (Fsp3) is 0.0476. The minimum atomic E-state index is -0.160. The van der Waals surface area contributed by atoms with E-state index in [1.807, 2.05) is 60.7 Å². The zero-order valence-corrected chi connectivity index (χ0v) is 16.5. The third kappa shape index (κ3) is 3.61. The van der Waals surface area contributed by atoms with Crippen molar-refractivity contribution in [1.29, 1.82) is 0 Å². The molecule has 0 fully saturated rings. The van der Waals surface area contributed by atoms with Crippen molar-refractivity contribution in [3.05, 3.63) is 98.2 Å². The lowest BCUT2D eigenvalue weighted by atomic mass is 10.2. The highest BCUT2D eigenvalue weighted by molar-refractivity contribution is 9.10. The molecule has 0 bridgehead atoms. The summed E-state index contributed by atoms with van der Waals surface area (Å²) in [5.41, 5.74) is 5.43. The standard InChI is InChI=1S/C21H15BrClN3O/c22-15-11-9-14(10-12-15)13-24-26-20(16-5-1-3-7-18(16)23)25-19-8-4-2-6-17(19)21(26)27/h1-12,24H,13H2. The van der Waals surface area contributed by atoms with E-state index in [1.165, 1.54) is 4.68 Å². The molecule has 4 rings (SSSR count). The Labute approximate surface area is 169 Å². The highest BCUT2D eigenvalue weighted by atomic mass is 79.9. The van der Waals surface area contributed by atoms with Crippen molar-refractivity contribution in [3.8, 4) is 11.4 Å². The molecule has 4 aromatic rings. The highest BCUT2D eigenvalue weighted by Crippen LogP contribution is 2.26. The quantitative estimate of drug-likeness (QED) is 0.473. The Bertz CT molecular complexity index is 1170. The average molecular weight is 441 g/mol. The predicted molar refractivity (Wildman–Crippen MR) is 114 cm³/mol. The lowest BCUT2D eigenvalue weighted by Crippen LogP contribution is -2.31. The molecule has 0 amide bonds. The van der Waals surface area contributed by atoms with Crippen molar-refractivity contribution < 1.29 is 0 Å². The van der Waals surface area contributed by atoms with Crippen molar-refractivity contribution in [3.63, 3.8) is 0 Å². The van der Waals surface area contributed by atoms with E-state index in [4.69, 9.17) is 16.6 Å². The first kappa shape index (κ1) is 17.8. The van der Waals surface area contributed by atoms with Crippen LogP contribution in [0.15, 0.2) is 82.1 Å². The minimum Gasteiger partial charge on any atom is -0.317 e. The van der Waals surface area contributed by atoms with Crippen LogP contribution in [-0.2, 0) is 6.54 Å². The normalized spacial score (nSPS) is 10.9. The third-order valence-electron chi connectivity index (χ3n) is 4.25. The van der Waals surface area contributed by atoms with Gasteiger partial charge in [-0.2, -0.15) is 0 Å². The van der Waals surface area contributed by atoms with Crippen LogP contribution in [0.4, 0.5) is 0 Å². The Hall–Kier alpha value is -2.63. The molecule has 0 saturated carbocycles. The van der Waals surface area contributed by atoms with Gasteiger partial charge in [0.25, 0.3) is 5.56 Å². The molecule has 134 valence electrons. The molecule has 0 spiro atoms. The van der Waals surface area contributed by atoms with Crippen LogP contribution < -0.4 is 11.0 Å². The number of rotatable bonds is 4. The van der Waals surface area contributed by atoms with Gasteiger partial charge in [0.05, 0.1) is 22.5 Å². The molecular formula is C21H15BrClN3O. The van der Waals surface area contributed by atoms with Gasteiger partial charge in [-0.25, -0.2) is 9.66 Å². The van der Waals surface area contributed by atoms with Gasteiger partial charge in [0.15, 0.2) is 5.82 Å². The lowest BCUT2D eigenvalue weighted by Gasteiger charge is -2.16. The number of benzene rings is 3. The van der Waals surface area contributed by atoms with Crippen LogP contribution >= 0.6 is 27.5 Å². The van der Waals surface area contributed by atoms with Gasteiger partial charge in [-0.3, -0.25) is 4.79 Å². The van der Waals surface area contributed by atoms with Gasteiger partial charge >= 0.3 is 0 Å². The number of hydrogen-bond acceptors (Lipinski definition) is 3. The lowest BCUT2D eigenvalue weighted by molar-refractivity contribution is 0.801. The molecule has 0 atom stereocenters. The van der Waals surface area contributed by atoms with Gasteiger partial charge in [-0.1, -0.05) is 63.9 Å². The van der Waals surface area contributed by atoms with Crippen LogP contribution in [0.3, 0.4) is 0 Å². The first-order chi connectivity index (χ1) is 13.1. The van der Waals surface area contributed by atoms with E-state index >= 15 is 0 Å². The molecular weight excluding hydrogens is 426 g/mol. The van der Waals surface area contributed by atoms with Crippen LogP contribution in [-0.4, -0.2) is 9.66 Å². The Morgan fingerprint density at radius 3 is 2.44 bits per heavy atom. The summed E-state index contributed by atoms with van der Waals surface area (Å²) in [7, 11) is 0. The van der Waals surface area contributed by atoms with E-state index in [1.54, 1.807) is 12.1 Å². The molecule has 1 aromatic heterocycles. The fourth-order valence-electron chi connectivity index (χ4n) is 2.88. The predicted octanol–water partition coefficient (Wildman–Crippen LogP) is 5.22. The number of nitrogens with zero attached hydrogens (tertiary/aromatic N) is 2. The topological polar surface area (TPSA) is 46.9 Å². The number of nitrogens with one attached hydrogen (secondary N) is 1. The van der Waals surface area contributed by atoms with Gasteiger partial charge in [-0.15, -0.1) is 0 Å². The number of aromatic nitrogens is 2. The summed E-state index contributed by atoms with van der Waals surface area (Å²) in [5.74, 6) is 0.487. The zero-order valence-electron chi connectivity index (χ0n) is 14.2. The van der Waals surface area contributed by atoms with Crippen LogP contribution in [0.5, 0.6) is 0 Å². The van der Waals surface area contributed by atoms with E-state index in [0.29, 0.717) is 33.9 Å². The Morgan fingerprint density at radius 2 is 1.67 bits per heavy atom. The maximum Gasteiger partial charge on any atom is 0.280 e. The van der Waals surface area contributed by atoms with Crippen LogP contribution in [0.2, 0.25) is 5.02 Å². The Balaban J connectivity index is 1.85. The second kappa shape index (κ2) is 7.55. The number of hydrogen-bond donors (Lipinski definition) is 1. The summed E-state index contributed by atoms with van der Waals surface area (Å²) in [5, 5.41) is 1.09. The molecule has 1 N–H and O–H groups in total. The fourth-order valence-corrected chi connectivity index (χ4v) is 3.36. The first-order valence-electron chi connectivity index (χ1n) is 8.38. The molecule has 0 aliphatic carbocycles. The maximum absolute atomic E-state index is 13.1. The van der Waals surface area contributed by atoms with Crippen LogP contribution in [0, 0.1) is 0 Å². The second-order valence-electron chi connectivity index (χ2n) is 6.03. The van der Waals surface area contributed by atoms with Crippen molar-refractivity contribution in [1.82, 2.24) is 9.66 Å². The third-order valence-corrected chi connectivity index (χ3v) is 5.10. The molecule has 3 aromatic carbocycles. The summed E-state index contributed by atoms with van der Waals surface area (Å²) >= 11 is 9.81. The summed E-state index contributed by atoms with van der Waals surface area (Å²) in [6.45, 7) is 0.477. The highest BCUT2D eigenvalue weighted by Gasteiger charge is 2.14. The smallest absolute Gasteiger partial charge is 0.280 e. The largest absolute Gasteiger partial charge is 0.317 e. The van der Waals surface area contributed by atoms with Gasteiger partial charge in [0, 0.05) is 10.0 Å². The molecule has 0 aliphatic rings. The summed E-state index contributed by atoms with van der Waals surface area (Å²) in [6.07, 6.45) is 0. The molecule has 6 heteroatoms. The minimum absolute atomic E-state index is 0.160. The first-order valence-corrected chi connectivity index (χ1v) is 9.55. The SMILES string of the molecule is O=c1c2ccccc2nc(-c2ccccc2Cl)n1NCc1ccc(Br)cc1. The average Bonchev–Trinajstić information content (AvgIpc) is 2.69. The zero-order chi connectivity index (χ0) is 18.8. The van der Waals surface area contributed by atoms with Crippen LogP contribution in [0.1, 0.15) is 5.56 Å². The second-order valence-corrected chi connectivity index (χ2v) is 7.36. The molecule has 0 aliphatic heterocycles. The molecule has 0 unspecified atom stereocenters. The molecule has 1 heterocycles. The number of para-hydroxylation sites is 1. The number of halogens is 2. The Morgan fingerprint density at radius 1 is 0.963 bits per heavy atom. The molecule has 27 heavy (non-hydrogen) atoms. The molecule has 4 nitrogen and oxygen atoms in total.